The molecule has 1 aliphatic carbocycles. The summed E-state index contributed by atoms with van der Waals surface area (Å²) in [6.07, 6.45) is 5.10. The zero-order chi connectivity index (χ0) is 32.7. The van der Waals surface area contributed by atoms with Crippen LogP contribution >= 0.6 is 0 Å². The van der Waals surface area contributed by atoms with Gasteiger partial charge in [-0.2, -0.15) is 0 Å². The summed E-state index contributed by atoms with van der Waals surface area (Å²) in [6.45, 7) is 7.06. The number of amides is 2. The van der Waals surface area contributed by atoms with E-state index in [4.69, 9.17) is 9.47 Å². The van der Waals surface area contributed by atoms with Gasteiger partial charge in [-0.25, -0.2) is 8.42 Å². The Balaban J connectivity index is 1.74. The van der Waals surface area contributed by atoms with E-state index in [0.717, 1.165) is 58.7 Å². The van der Waals surface area contributed by atoms with Crippen molar-refractivity contribution >= 4 is 27.5 Å². The van der Waals surface area contributed by atoms with Gasteiger partial charge in [0.2, 0.25) is 11.8 Å². The number of sulfonamides is 1. The second-order valence-corrected chi connectivity index (χ2v) is 13.8. The molecule has 0 saturated heterocycles. The number of carbonyl (C=O) groups excluding carboxylic acids is 2. The van der Waals surface area contributed by atoms with Crippen LogP contribution in [0.3, 0.4) is 0 Å². The molecule has 2 amide bonds. The summed E-state index contributed by atoms with van der Waals surface area (Å²) in [5.74, 6) is -0.110. The van der Waals surface area contributed by atoms with Crippen LogP contribution in [0.1, 0.15) is 61.3 Å². The first-order valence-corrected chi connectivity index (χ1v) is 16.9. The van der Waals surface area contributed by atoms with Gasteiger partial charge in [-0.3, -0.25) is 13.9 Å². The van der Waals surface area contributed by atoms with Gasteiger partial charge in [0.05, 0.1) is 24.8 Å². The largest absolute Gasteiger partial charge is 0.493 e. The molecule has 0 aromatic heterocycles. The molecule has 9 nitrogen and oxygen atoms in total. The highest BCUT2D eigenvalue weighted by Gasteiger charge is 2.34. The first-order chi connectivity index (χ1) is 21.4. The average molecular weight is 636 g/mol. The van der Waals surface area contributed by atoms with Crippen molar-refractivity contribution in [1.29, 1.82) is 0 Å². The van der Waals surface area contributed by atoms with Crippen molar-refractivity contribution in [3.05, 3.63) is 82.9 Å². The van der Waals surface area contributed by atoms with E-state index in [0.29, 0.717) is 11.4 Å². The zero-order valence-electron chi connectivity index (χ0n) is 27.1. The van der Waals surface area contributed by atoms with Gasteiger partial charge in [-0.15, -0.1) is 0 Å². The van der Waals surface area contributed by atoms with E-state index in [1.54, 1.807) is 19.1 Å². The highest BCUT2D eigenvalue weighted by atomic mass is 32.2. The Labute approximate surface area is 267 Å². The molecule has 4 rings (SSSR count). The van der Waals surface area contributed by atoms with Crippen molar-refractivity contribution in [1.82, 2.24) is 10.2 Å². The number of anilines is 1. The fourth-order valence-corrected chi connectivity index (χ4v) is 7.30. The molecule has 1 fully saturated rings. The lowest BCUT2D eigenvalue weighted by Gasteiger charge is -2.33. The summed E-state index contributed by atoms with van der Waals surface area (Å²) in [6, 6.07) is 16.7. The number of nitrogens with one attached hydrogen (secondary N) is 1. The molecule has 3 aromatic rings. The number of ether oxygens (including phenoxy) is 2. The Kier molecular flexibility index (Phi) is 11.1. The third-order valence-corrected chi connectivity index (χ3v) is 10.0. The Bertz CT molecular complexity index is 1600. The molecule has 1 N–H and O–H groups in total. The lowest BCUT2D eigenvalue weighted by atomic mass is 9.95. The van der Waals surface area contributed by atoms with Crippen LogP contribution < -0.4 is 19.1 Å². The molecule has 0 aliphatic heterocycles. The van der Waals surface area contributed by atoms with Gasteiger partial charge >= 0.3 is 0 Å². The number of nitrogens with zero attached hydrogens (tertiary/aromatic N) is 2. The molecule has 1 aliphatic rings. The maximum Gasteiger partial charge on any atom is 0.264 e. The molecule has 1 unspecified atom stereocenters. The highest BCUT2D eigenvalue weighted by molar-refractivity contribution is 7.92. The Hall–Kier alpha value is -4.05. The smallest absolute Gasteiger partial charge is 0.264 e. The quantitative estimate of drug-likeness (QED) is 0.274. The van der Waals surface area contributed by atoms with E-state index in [1.165, 1.54) is 37.3 Å². The number of aryl methyl sites for hydroxylation is 3. The van der Waals surface area contributed by atoms with Crippen LogP contribution in [0.5, 0.6) is 11.5 Å². The van der Waals surface area contributed by atoms with Gasteiger partial charge in [-0.05, 0) is 81.5 Å². The van der Waals surface area contributed by atoms with E-state index in [-0.39, 0.29) is 29.1 Å². The van der Waals surface area contributed by atoms with Crippen molar-refractivity contribution in [2.75, 3.05) is 25.1 Å². The first kappa shape index (κ1) is 33.8. The van der Waals surface area contributed by atoms with Crippen molar-refractivity contribution < 1.29 is 27.5 Å². The summed E-state index contributed by atoms with van der Waals surface area (Å²) in [5.41, 5.74) is 3.92. The minimum atomic E-state index is -4.27. The molecule has 3 aromatic carbocycles. The fraction of sp³-hybridized carbons (Fsp3) is 0.429. The number of benzene rings is 3. The highest BCUT2D eigenvalue weighted by Crippen LogP contribution is 2.33. The third kappa shape index (κ3) is 8.36. The second-order valence-electron chi connectivity index (χ2n) is 11.9. The van der Waals surface area contributed by atoms with Crippen molar-refractivity contribution in [2.24, 2.45) is 0 Å². The Morgan fingerprint density at radius 2 is 1.53 bits per heavy atom. The van der Waals surface area contributed by atoms with Crippen LogP contribution in [0.2, 0.25) is 0 Å². The lowest BCUT2D eigenvalue weighted by Crippen LogP contribution is -2.53. The third-order valence-electron chi connectivity index (χ3n) is 8.27. The van der Waals surface area contributed by atoms with Crippen LogP contribution in [0.15, 0.2) is 65.6 Å². The molecule has 1 saturated carbocycles. The molecule has 242 valence electrons. The van der Waals surface area contributed by atoms with E-state index in [1.807, 2.05) is 51.1 Å². The second kappa shape index (κ2) is 14.8. The van der Waals surface area contributed by atoms with E-state index in [9.17, 15) is 18.0 Å². The van der Waals surface area contributed by atoms with Crippen LogP contribution in [0.4, 0.5) is 5.69 Å². The first-order valence-electron chi connectivity index (χ1n) is 15.4. The minimum absolute atomic E-state index is 0.0552. The number of hydrogen-bond acceptors (Lipinski definition) is 6. The molecule has 0 spiro atoms. The van der Waals surface area contributed by atoms with Gasteiger partial charge in [0.1, 0.15) is 12.6 Å². The van der Waals surface area contributed by atoms with Crippen LogP contribution in [-0.2, 0) is 26.2 Å². The van der Waals surface area contributed by atoms with Gasteiger partial charge in [0.15, 0.2) is 11.5 Å². The normalized spacial score (nSPS) is 14.4. The van der Waals surface area contributed by atoms with Crippen LogP contribution in [-0.4, -0.2) is 58.0 Å². The molecule has 0 heterocycles. The molecule has 1 atom stereocenters. The summed E-state index contributed by atoms with van der Waals surface area (Å²) in [5, 5.41) is 3.14. The predicted molar refractivity (Wildman–Crippen MR) is 176 cm³/mol. The lowest BCUT2D eigenvalue weighted by molar-refractivity contribution is -0.139. The minimum Gasteiger partial charge on any atom is -0.493 e. The molecular weight excluding hydrogens is 590 g/mol. The molecule has 45 heavy (non-hydrogen) atoms. The fourth-order valence-electron chi connectivity index (χ4n) is 5.89. The standard InChI is InChI=1S/C35H45N3O6S/c1-24-11-10-12-28(18-24)22-37(27(4)35(40)36-29-13-8-7-9-14-29)34(39)23-38(30-19-25(2)17-26(3)20-30)45(41,42)31-15-16-32(43-5)33(21-31)44-6/h10-12,15-21,27,29H,7-9,13-14,22-23H2,1-6H3,(H,36,40). The van der Waals surface area contributed by atoms with Gasteiger partial charge in [0.25, 0.3) is 10.0 Å². The van der Waals surface area contributed by atoms with Crippen molar-refractivity contribution in [2.45, 2.75) is 83.3 Å². The number of hydrogen-bond donors (Lipinski definition) is 1. The predicted octanol–water partition coefficient (Wildman–Crippen LogP) is 5.69. The van der Waals surface area contributed by atoms with Gasteiger partial charge in [-0.1, -0.05) is 55.2 Å². The Morgan fingerprint density at radius 3 is 2.16 bits per heavy atom. The topological polar surface area (TPSA) is 105 Å². The van der Waals surface area contributed by atoms with Gasteiger partial charge < -0.3 is 19.7 Å². The summed E-state index contributed by atoms with van der Waals surface area (Å²) in [7, 11) is -1.37. The monoisotopic (exact) mass is 635 g/mol. The summed E-state index contributed by atoms with van der Waals surface area (Å²) < 4.78 is 40.5. The number of carbonyl (C=O) groups is 2. The molecule has 0 bridgehead atoms. The molecular formula is C35H45N3O6S. The maximum absolute atomic E-state index is 14.3. The van der Waals surface area contributed by atoms with E-state index in [2.05, 4.69) is 5.32 Å². The number of rotatable bonds is 12. The van der Waals surface area contributed by atoms with Crippen molar-refractivity contribution in [3.8, 4) is 11.5 Å². The zero-order valence-corrected chi connectivity index (χ0v) is 27.9. The average Bonchev–Trinajstić information content (AvgIpc) is 3.01. The summed E-state index contributed by atoms with van der Waals surface area (Å²) >= 11 is 0. The van der Waals surface area contributed by atoms with E-state index < -0.39 is 28.5 Å². The number of methoxy groups -OCH3 is 2. The Morgan fingerprint density at radius 1 is 0.867 bits per heavy atom. The van der Waals surface area contributed by atoms with Crippen LogP contribution in [0.25, 0.3) is 0 Å². The van der Waals surface area contributed by atoms with Gasteiger partial charge in [0, 0.05) is 18.7 Å². The molecule has 10 heteroatoms. The maximum atomic E-state index is 14.3. The molecule has 0 radical (unpaired) electrons. The van der Waals surface area contributed by atoms with Crippen molar-refractivity contribution in [3.63, 3.8) is 0 Å². The summed E-state index contributed by atoms with van der Waals surface area (Å²) in [4.78, 5) is 29.3. The SMILES string of the molecule is COc1ccc(S(=O)(=O)N(CC(=O)N(Cc2cccc(C)c2)C(C)C(=O)NC2CCCCC2)c2cc(C)cc(C)c2)cc1OC. The van der Waals surface area contributed by atoms with Crippen LogP contribution in [0, 0.1) is 20.8 Å². The van der Waals surface area contributed by atoms with E-state index >= 15 is 0 Å².